The summed E-state index contributed by atoms with van der Waals surface area (Å²) in [4.78, 5) is 0. The molecule has 0 radical (unpaired) electrons. The van der Waals surface area contributed by atoms with Gasteiger partial charge in [0.2, 0.25) is 0 Å². The highest BCUT2D eigenvalue weighted by atomic mass is 35.5. The normalized spacial score (nSPS) is 12.9. The molecule has 2 aromatic carbocycles. The van der Waals surface area contributed by atoms with E-state index in [-0.39, 0.29) is 0 Å². The van der Waals surface area contributed by atoms with Gasteiger partial charge in [-0.25, -0.2) is 4.68 Å². The Bertz CT molecular complexity index is 882. The second-order valence-corrected chi connectivity index (χ2v) is 6.52. The number of aromatic nitrogens is 2. The van der Waals surface area contributed by atoms with Crippen LogP contribution in [0.1, 0.15) is 29.3 Å². The van der Waals surface area contributed by atoms with Gasteiger partial charge in [-0.2, -0.15) is 5.10 Å². The van der Waals surface area contributed by atoms with Crippen LogP contribution in [0.4, 0.5) is 5.82 Å². The van der Waals surface area contributed by atoms with E-state index in [2.05, 4.69) is 47.3 Å². The SMILES string of the molecule is CCc1ccccc1-n1nc(Cc2ccccc2Cl)c2c1NCC2. The highest BCUT2D eigenvalue weighted by Crippen LogP contribution is 2.32. The van der Waals surface area contributed by atoms with Crippen molar-refractivity contribution in [2.75, 3.05) is 11.9 Å². The predicted octanol–water partition coefficient (Wildman–Crippen LogP) is 4.65. The molecule has 0 amide bonds. The molecule has 1 aliphatic rings. The molecule has 1 aliphatic heterocycles. The predicted molar refractivity (Wildman–Crippen MR) is 99.4 cm³/mol. The van der Waals surface area contributed by atoms with E-state index in [1.165, 1.54) is 11.1 Å². The topological polar surface area (TPSA) is 29.9 Å². The molecule has 24 heavy (non-hydrogen) atoms. The average molecular weight is 338 g/mol. The van der Waals surface area contributed by atoms with Crippen molar-refractivity contribution in [3.8, 4) is 5.69 Å². The smallest absolute Gasteiger partial charge is 0.133 e. The van der Waals surface area contributed by atoms with Crippen LogP contribution in [0.5, 0.6) is 0 Å². The van der Waals surface area contributed by atoms with Crippen LogP contribution in [0.3, 0.4) is 0 Å². The maximum Gasteiger partial charge on any atom is 0.133 e. The first-order chi connectivity index (χ1) is 11.8. The molecule has 0 spiro atoms. The van der Waals surface area contributed by atoms with Crippen molar-refractivity contribution in [1.29, 1.82) is 0 Å². The lowest BCUT2D eigenvalue weighted by atomic mass is 10.1. The van der Waals surface area contributed by atoms with Crippen LogP contribution in [0.25, 0.3) is 5.69 Å². The number of hydrogen-bond donors (Lipinski definition) is 1. The Morgan fingerprint density at radius 2 is 1.83 bits per heavy atom. The summed E-state index contributed by atoms with van der Waals surface area (Å²) in [7, 11) is 0. The monoisotopic (exact) mass is 337 g/mol. The number of hydrogen-bond acceptors (Lipinski definition) is 2. The average Bonchev–Trinajstić information content (AvgIpc) is 3.21. The van der Waals surface area contributed by atoms with Crippen LogP contribution in [0.15, 0.2) is 48.5 Å². The first kappa shape index (κ1) is 15.3. The summed E-state index contributed by atoms with van der Waals surface area (Å²) in [6.07, 6.45) is 2.78. The summed E-state index contributed by atoms with van der Waals surface area (Å²) in [6.45, 7) is 3.15. The molecule has 0 aliphatic carbocycles. The van der Waals surface area contributed by atoms with Crippen LogP contribution in [0, 0.1) is 0 Å². The number of fused-ring (bicyclic) bond motifs is 1. The highest BCUT2D eigenvalue weighted by molar-refractivity contribution is 6.31. The fourth-order valence-electron chi connectivity index (χ4n) is 3.40. The van der Waals surface area contributed by atoms with Gasteiger partial charge in [0, 0.05) is 23.6 Å². The van der Waals surface area contributed by atoms with Crippen molar-refractivity contribution in [3.63, 3.8) is 0 Å². The molecule has 0 atom stereocenters. The van der Waals surface area contributed by atoms with Crippen LogP contribution in [-0.4, -0.2) is 16.3 Å². The van der Waals surface area contributed by atoms with E-state index >= 15 is 0 Å². The zero-order valence-corrected chi connectivity index (χ0v) is 14.5. The van der Waals surface area contributed by atoms with Crippen molar-refractivity contribution in [2.24, 2.45) is 0 Å². The Kier molecular flexibility index (Phi) is 4.03. The van der Waals surface area contributed by atoms with Crippen molar-refractivity contribution >= 4 is 17.4 Å². The Morgan fingerprint density at radius 1 is 1.08 bits per heavy atom. The van der Waals surface area contributed by atoms with E-state index in [9.17, 15) is 0 Å². The molecule has 3 nitrogen and oxygen atoms in total. The second kappa shape index (κ2) is 6.33. The fourth-order valence-corrected chi connectivity index (χ4v) is 3.60. The Balaban J connectivity index is 1.80. The summed E-state index contributed by atoms with van der Waals surface area (Å²) >= 11 is 6.35. The van der Waals surface area contributed by atoms with Gasteiger partial charge in [0.15, 0.2) is 0 Å². The molecule has 2 heterocycles. The van der Waals surface area contributed by atoms with Crippen molar-refractivity contribution in [3.05, 3.63) is 75.9 Å². The number of benzene rings is 2. The van der Waals surface area contributed by atoms with Crippen molar-refractivity contribution in [1.82, 2.24) is 9.78 Å². The Labute approximate surface area is 147 Å². The van der Waals surface area contributed by atoms with Crippen LogP contribution in [0.2, 0.25) is 5.02 Å². The van der Waals surface area contributed by atoms with E-state index in [1.54, 1.807) is 0 Å². The molecule has 122 valence electrons. The lowest BCUT2D eigenvalue weighted by Crippen LogP contribution is -2.07. The first-order valence-corrected chi connectivity index (χ1v) is 8.82. The summed E-state index contributed by atoms with van der Waals surface area (Å²) in [5.74, 6) is 1.14. The van der Waals surface area contributed by atoms with E-state index in [0.717, 1.165) is 53.6 Å². The minimum absolute atomic E-state index is 0.769. The molecule has 0 fully saturated rings. The van der Waals surface area contributed by atoms with Gasteiger partial charge in [-0.1, -0.05) is 54.9 Å². The standard InChI is InChI=1S/C20H20ClN3/c1-2-14-7-4-6-10-19(14)24-20-16(11-12-22-20)18(23-24)13-15-8-3-5-9-17(15)21/h3-10,22H,2,11-13H2,1H3. The summed E-state index contributed by atoms with van der Waals surface area (Å²) in [5.41, 5.74) is 6.04. The van der Waals surface area contributed by atoms with E-state index in [1.807, 2.05) is 18.2 Å². The van der Waals surface area contributed by atoms with Gasteiger partial charge in [0.1, 0.15) is 5.82 Å². The van der Waals surface area contributed by atoms with E-state index in [4.69, 9.17) is 16.7 Å². The molecule has 0 unspecified atom stereocenters. The number of rotatable bonds is 4. The fraction of sp³-hybridized carbons (Fsp3) is 0.250. The Morgan fingerprint density at radius 3 is 2.62 bits per heavy atom. The number of nitrogens with zero attached hydrogens (tertiary/aromatic N) is 2. The van der Waals surface area contributed by atoms with Gasteiger partial charge < -0.3 is 5.32 Å². The molecule has 4 heteroatoms. The third-order valence-corrected chi connectivity index (χ3v) is 5.02. The number of aryl methyl sites for hydroxylation is 1. The summed E-state index contributed by atoms with van der Waals surface area (Å²) < 4.78 is 2.08. The maximum absolute atomic E-state index is 6.35. The van der Waals surface area contributed by atoms with Gasteiger partial charge >= 0.3 is 0 Å². The molecule has 0 saturated carbocycles. The summed E-state index contributed by atoms with van der Waals surface area (Å²) in [5, 5.41) is 9.26. The largest absolute Gasteiger partial charge is 0.369 e. The minimum atomic E-state index is 0.769. The molecule has 0 saturated heterocycles. The number of halogens is 1. The summed E-state index contributed by atoms with van der Waals surface area (Å²) in [6, 6.07) is 16.5. The minimum Gasteiger partial charge on any atom is -0.369 e. The molecular weight excluding hydrogens is 318 g/mol. The first-order valence-electron chi connectivity index (χ1n) is 8.44. The zero-order valence-electron chi connectivity index (χ0n) is 13.7. The molecule has 0 bridgehead atoms. The zero-order chi connectivity index (χ0) is 16.5. The lowest BCUT2D eigenvalue weighted by Gasteiger charge is -2.10. The van der Waals surface area contributed by atoms with E-state index < -0.39 is 0 Å². The van der Waals surface area contributed by atoms with Crippen LogP contribution >= 0.6 is 11.6 Å². The van der Waals surface area contributed by atoms with Gasteiger partial charge in [-0.05, 0) is 36.1 Å². The van der Waals surface area contributed by atoms with Crippen LogP contribution in [-0.2, 0) is 19.3 Å². The van der Waals surface area contributed by atoms with Gasteiger partial charge in [-0.3, -0.25) is 0 Å². The quantitative estimate of drug-likeness (QED) is 0.751. The number of para-hydroxylation sites is 1. The molecule has 1 N–H and O–H groups in total. The number of nitrogens with one attached hydrogen (secondary N) is 1. The molecule has 1 aromatic heterocycles. The molecule has 4 rings (SSSR count). The van der Waals surface area contributed by atoms with Gasteiger partial charge in [0.25, 0.3) is 0 Å². The Hall–Kier alpha value is -2.26. The lowest BCUT2D eigenvalue weighted by molar-refractivity contribution is 0.829. The molecular formula is C20H20ClN3. The highest BCUT2D eigenvalue weighted by Gasteiger charge is 2.24. The third kappa shape index (κ3) is 2.59. The van der Waals surface area contributed by atoms with Crippen molar-refractivity contribution in [2.45, 2.75) is 26.2 Å². The van der Waals surface area contributed by atoms with Crippen LogP contribution < -0.4 is 5.32 Å². The van der Waals surface area contributed by atoms with Crippen molar-refractivity contribution < 1.29 is 0 Å². The maximum atomic E-state index is 6.35. The second-order valence-electron chi connectivity index (χ2n) is 6.11. The molecule has 3 aromatic rings. The van der Waals surface area contributed by atoms with Gasteiger partial charge in [-0.15, -0.1) is 0 Å². The third-order valence-electron chi connectivity index (χ3n) is 4.65. The number of anilines is 1. The van der Waals surface area contributed by atoms with Gasteiger partial charge in [0.05, 0.1) is 11.4 Å². The van der Waals surface area contributed by atoms with E-state index in [0.29, 0.717) is 0 Å².